The summed E-state index contributed by atoms with van der Waals surface area (Å²) in [6.07, 6.45) is 5.69. The van der Waals surface area contributed by atoms with Gasteiger partial charge in [0.15, 0.2) is 0 Å². The largest absolute Gasteiger partial charge is 0.0996 e. The molecule has 3 unspecified atom stereocenters. The monoisotopic (exact) mass is 136 g/mol. The predicted molar refractivity (Wildman–Crippen MR) is 43.8 cm³/mol. The SMILES string of the molecule is C=C1CC2CCC1CC2C. The van der Waals surface area contributed by atoms with E-state index in [1.54, 1.807) is 5.57 Å². The van der Waals surface area contributed by atoms with Gasteiger partial charge in [0.1, 0.15) is 0 Å². The topological polar surface area (TPSA) is 0 Å². The summed E-state index contributed by atoms with van der Waals surface area (Å²) in [5.74, 6) is 2.89. The van der Waals surface area contributed by atoms with E-state index >= 15 is 0 Å². The van der Waals surface area contributed by atoms with Gasteiger partial charge in [-0.15, -0.1) is 0 Å². The van der Waals surface area contributed by atoms with E-state index in [1.807, 2.05) is 0 Å². The summed E-state index contributed by atoms with van der Waals surface area (Å²) in [5, 5.41) is 0. The molecule has 0 nitrogen and oxygen atoms in total. The van der Waals surface area contributed by atoms with Gasteiger partial charge in [-0.05, 0) is 43.4 Å². The van der Waals surface area contributed by atoms with Crippen LogP contribution in [0.15, 0.2) is 12.2 Å². The van der Waals surface area contributed by atoms with Gasteiger partial charge in [-0.2, -0.15) is 0 Å². The van der Waals surface area contributed by atoms with E-state index < -0.39 is 0 Å². The van der Waals surface area contributed by atoms with E-state index in [-0.39, 0.29) is 0 Å². The highest BCUT2D eigenvalue weighted by Crippen LogP contribution is 2.46. The lowest BCUT2D eigenvalue weighted by atomic mass is 9.63. The van der Waals surface area contributed by atoms with Crippen LogP contribution in [0.1, 0.15) is 32.6 Å². The van der Waals surface area contributed by atoms with Crippen LogP contribution >= 0.6 is 0 Å². The van der Waals surface area contributed by atoms with Gasteiger partial charge in [-0.1, -0.05) is 19.1 Å². The molecule has 0 saturated heterocycles. The van der Waals surface area contributed by atoms with Gasteiger partial charge in [0.25, 0.3) is 0 Å². The quantitative estimate of drug-likeness (QED) is 0.449. The molecule has 56 valence electrons. The van der Waals surface area contributed by atoms with Gasteiger partial charge in [0, 0.05) is 0 Å². The number of hydrogen-bond donors (Lipinski definition) is 0. The first-order valence-corrected chi connectivity index (χ1v) is 4.45. The third kappa shape index (κ3) is 0.817. The maximum Gasteiger partial charge on any atom is -0.0203 e. The molecule has 3 fully saturated rings. The summed E-state index contributed by atoms with van der Waals surface area (Å²) < 4.78 is 0. The molecule has 0 heterocycles. The highest BCUT2D eigenvalue weighted by atomic mass is 14.4. The molecule has 3 atom stereocenters. The van der Waals surface area contributed by atoms with Crippen LogP contribution in [0.5, 0.6) is 0 Å². The first-order valence-electron chi connectivity index (χ1n) is 4.45. The van der Waals surface area contributed by atoms with Crippen LogP contribution in [0.3, 0.4) is 0 Å². The molecule has 0 N–H and O–H groups in total. The molecule has 0 spiro atoms. The van der Waals surface area contributed by atoms with Gasteiger partial charge >= 0.3 is 0 Å². The third-order valence-electron chi connectivity index (χ3n) is 3.45. The lowest BCUT2D eigenvalue weighted by Crippen LogP contribution is -2.30. The van der Waals surface area contributed by atoms with E-state index in [1.165, 1.54) is 25.7 Å². The minimum atomic E-state index is 0.903. The zero-order valence-electron chi connectivity index (χ0n) is 6.77. The molecule has 2 bridgehead atoms. The van der Waals surface area contributed by atoms with E-state index in [2.05, 4.69) is 13.5 Å². The second-order valence-corrected chi connectivity index (χ2v) is 4.11. The number of hydrogen-bond acceptors (Lipinski definition) is 0. The maximum absolute atomic E-state index is 4.13. The van der Waals surface area contributed by atoms with Crippen LogP contribution in [0.25, 0.3) is 0 Å². The summed E-state index contributed by atoms with van der Waals surface area (Å²) in [6.45, 7) is 6.54. The smallest absolute Gasteiger partial charge is 0.0203 e. The van der Waals surface area contributed by atoms with E-state index in [4.69, 9.17) is 0 Å². The summed E-state index contributed by atoms with van der Waals surface area (Å²) in [4.78, 5) is 0. The fourth-order valence-electron chi connectivity index (χ4n) is 2.64. The summed E-state index contributed by atoms with van der Waals surface area (Å²) in [7, 11) is 0. The van der Waals surface area contributed by atoms with Crippen molar-refractivity contribution in [1.82, 2.24) is 0 Å². The van der Waals surface area contributed by atoms with E-state index in [0.29, 0.717) is 0 Å². The van der Waals surface area contributed by atoms with Crippen molar-refractivity contribution >= 4 is 0 Å². The van der Waals surface area contributed by atoms with Crippen molar-refractivity contribution in [2.24, 2.45) is 17.8 Å². The maximum atomic E-state index is 4.13. The average Bonchev–Trinajstić information content (AvgIpc) is 1.91. The van der Waals surface area contributed by atoms with Crippen LogP contribution in [0, 0.1) is 17.8 Å². The van der Waals surface area contributed by atoms with Crippen molar-refractivity contribution in [3.8, 4) is 0 Å². The van der Waals surface area contributed by atoms with Crippen molar-refractivity contribution < 1.29 is 0 Å². The molecule has 0 aromatic heterocycles. The minimum Gasteiger partial charge on any atom is -0.0996 e. The standard InChI is InChI=1S/C10H16/c1-7-5-10-4-3-9(7)6-8(10)2/h8-10H,1,3-6H2,2H3. The van der Waals surface area contributed by atoms with Crippen LogP contribution < -0.4 is 0 Å². The van der Waals surface area contributed by atoms with Crippen molar-refractivity contribution in [3.05, 3.63) is 12.2 Å². The summed E-state index contributed by atoms with van der Waals surface area (Å²) in [5.41, 5.74) is 1.55. The number of rotatable bonds is 0. The normalized spacial score (nSPS) is 46.1. The molecule has 0 aliphatic heterocycles. The minimum absolute atomic E-state index is 0.903. The molecule has 3 aliphatic rings. The Hall–Kier alpha value is -0.260. The molecule has 0 heteroatoms. The van der Waals surface area contributed by atoms with Crippen molar-refractivity contribution in [2.75, 3.05) is 0 Å². The second kappa shape index (κ2) is 2.11. The number of fused-ring (bicyclic) bond motifs is 3. The number of allylic oxidation sites excluding steroid dienone is 1. The molecule has 3 rings (SSSR count). The van der Waals surface area contributed by atoms with Gasteiger partial charge in [0.2, 0.25) is 0 Å². The highest BCUT2D eigenvalue weighted by Gasteiger charge is 2.34. The Morgan fingerprint density at radius 2 is 2.20 bits per heavy atom. The Labute approximate surface area is 63.3 Å². The van der Waals surface area contributed by atoms with Crippen molar-refractivity contribution in [2.45, 2.75) is 32.6 Å². The van der Waals surface area contributed by atoms with Crippen molar-refractivity contribution in [1.29, 1.82) is 0 Å². The summed E-state index contributed by atoms with van der Waals surface area (Å²) >= 11 is 0. The molecule has 3 aliphatic carbocycles. The molecule has 0 radical (unpaired) electrons. The fraction of sp³-hybridized carbons (Fsp3) is 0.800. The van der Waals surface area contributed by atoms with E-state index in [9.17, 15) is 0 Å². The Kier molecular flexibility index (Phi) is 1.36. The Balaban J connectivity index is 2.16. The summed E-state index contributed by atoms with van der Waals surface area (Å²) in [6, 6.07) is 0. The Bertz CT molecular complexity index is 157. The molecule has 10 heavy (non-hydrogen) atoms. The fourth-order valence-corrected chi connectivity index (χ4v) is 2.64. The van der Waals surface area contributed by atoms with Crippen LogP contribution in [-0.2, 0) is 0 Å². The first-order chi connectivity index (χ1) is 4.77. The lowest BCUT2D eigenvalue weighted by molar-refractivity contribution is 0.163. The third-order valence-corrected chi connectivity index (χ3v) is 3.45. The molecule has 0 amide bonds. The first kappa shape index (κ1) is 6.45. The zero-order chi connectivity index (χ0) is 7.14. The molecule has 0 aromatic rings. The van der Waals surface area contributed by atoms with Gasteiger partial charge in [-0.3, -0.25) is 0 Å². The van der Waals surface area contributed by atoms with E-state index in [0.717, 1.165) is 17.8 Å². The zero-order valence-corrected chi connectivity index (χ0v) is 6.77. The van der Waals surface area contributed by atoms with Gasteiger partial charge in [-0.25, -0.2) is 0 Å². The lowest BCUT2D eigenvalue weighted by Gasteiger charge is -2.42. The van der Waals surface area contributed by atoms with Gasteiger partial charge in [0.05, 0.1) is 0 Å². The van der Waals surface area contributed by atoms with Crippen molar-refractivity contribution in [3.63, 3.8) is 0 Å². The molecular formula is C10H16. The predicted octanol–water partition coefficient (Wildman–Crippen LogP) is 3.00. The van der Waals surface area contributed by atoms with Gasteiger partial charge < -0.3 is 0 Å². The molecule has 3 saturated carbocycles. The molecular weight excluding hydrogens is 120 g/mol. The van der Waals surface area contributed by atoms with Crippen LogP contribution in [0.4, 0.5) is 0 Å². The Morgan fingerprint density at radius 1 is 1.40 bits per heavy atom. The van der Waals surface area contributed by atoms with Crippen LogP contribution in [0.2, 0.25) is 0 Å². The highest BCUT2D eigenvalue weighted by molar-refractivity contribution is 5.10. The average molecular weight is 136 g/mol. The van der Waals surface area contributed by atoms with Crippen LogP contribution in [-0.4, -0.2) is 0 Å². The second-order valence-electron chi connectivity index (χ2n) is 4.11. The Morgan fingerprint density at radius 3 is 2.50 bits per heavy atom. The molecule has 0 aromatic carbocycles.